The molecule has 1 amide bonds. The normalized spacial score (nSPS) is 18.5. The van der Waals surface area contributed by atoms with Gasteiger partial charge in [-0.15, -0.1) is 11.3 Å². The highest BCUT2D eigenvalue weighted by Gasteiger charge is 2.38. The Labute approximate surface area is 132 Å². The van der Waals surface area contributed by atoms with Crippen LogP contribution in [0.1, 0.15) is 30.7 Å². The van der Waals surface area contributed by atoms with Crippen LogP contribution in [-0.4, -0.2) is 23.9 Å². The number of hydrogen-bond acceptors (Lipinski definition) is 3. The van der Waals surface area contributed by atoms with E-state index in [0.717, 1.165) is 20.9 Å². The van der Waals surface area contributed by atoms with E-state index in [1.807, 2.05) is 25.1 Å². The summed E-state index contributed by atoms with van der Waals surface area (Å²) in [5, 5.41) is 0.982. The van der Waals surface area contributed by atoms with Crippen LogP contribution in [0, 0.1) is 12.8 Å². The molecule has 0 aliphatic heterocycles. The maximum atomic E-state index is 13.2. The van der Waals surface area contributed by atoms with E-state index in [1.165, 1.54) is 0 Å². The van der Waals surface area contributed by atoms with Crippen LogP contribution in [-0.2, 0) is 4.79 Å². The van der Waals surface area contributed by atoms with E-state index in [1.54, 1.807) is 23.3 Å². The number of aromatic nitrogens is 1. The summed E-state index contributed by atoms with van der Waals surface area (Å²) in [6, 6.07) is 5.69. The summed E-state index contributed by atoms with van der Waals surface area (Å²) >= 11 is 1.58. The molecule has 6 heteroatoms. The van der Waals surface area contributed by atoms with Crippen LogP contribution in [0.2, 0.25) is 0 Å². The molecule has 3 nitrogen and oxygen atoms in total. The van der Waals surface area contributed by atoms with Crippen LogP contribution in [0.3, 0.4) is 0 Å². The van der Waals surface area contributed by atoms with Crippen molar-refractivity contribution in [3.8, 4) is 0 Å². The van der Waals surface area contributed by atoms with Gasteiger partial charge >= 0.3 is 0 Å². The lowest BCUT2D eigenvalue weighted by molar-refractivity contribution is -0.126. The number of rotatable bonds is 2. The summed E-state index contributed by atoms with van der Waals surface area (Å²) in [4.78, 5) is 18.5. The number of halogens is 2. The van der Waals surface area contributed by atoms with Crippen molar-refractivity contribution in [1.29, 1.82) is 0 Å². The van der Waals surface area contributed by atoms with Gasteiger partial charge in [-0.3, -0.25) is 4.79 Å². The Bertz CT molecular complexity index is 703. The molecule has 2 aromatic rings. The zero-order chi connectivity index (χ0) is 15.9. The molecule has 1 heterocycles. The monoisotopic (exact) mass is 324 g/mol. The van der Waals surface area contributed by atoms with Crippen molar-refractivity contribution < 1.29 is 13.6 Å². The fraction of sp³-hybridized carbons (Fsp3) is 0.500. The van der Waals surface area contributed by atoms with E-state index >= 15 is 0 Å². The minimum Gasteiger partial charge on any atom is -0.315 e. The van der Waals surface area contributed by atoms with Crippen LogP contribution < -0.4 is 4.90 Å². The Morgan fingerprint density at radius 3 is 2.73 bits per heavy atom. The van der Waals surface area contributed by atoms with E-state index in [9.17, 15) is 13.6 Å². The maximum absolute atomic E-state index is 13.2. The van der Waals surface area contributed by atoms with Gasteiger partial charge in [-0.05, 0) is 38.0 Å². The van der Waals surface area contributed by atoms with Gasteiger partial charge < -0.3 is 4.90 Å². The second-order valence-electron chi connectivity index (χ2n) is 5.91. The topological polar surface area (TPSA) is 33.2 Å². The Balaban J connectivity index is 1.76. The lowest BCUT2D eigenvalue weighted by Gasteiger charge is -2.30. The fourth-order valence-electron chi connectivity index (χ4n) is 2.93. The SMILES string of the molecule is Cc1nc2ccc(N(C)C(=O)C3CCC(F)(F)CC3)cc2s1. The molecule has 0 unspecified atom stereocenters. The first kappa shape index (κ1) is 15.3. The maximum Gasteiger partial charge on any atom is 0.248 e. The summed E-state index contributed by atoms with van der Waals surface area (Å²) in [6.45, 7) is 1.95. The number of hydrogen-bond donors (Lipinski definition) is 0. The van der Waals surface area contributed by atoms with Gasteiger partial charge in [0.25, 0.3) is 0 Å². The van der Waals surface area contributed by atoms with Crippen LogP contribution in [0.25, 0.3) is 10.2 Å². The van der Waals surface area contributed by atoms with Gasteiger partial charge in [-0.2, -0.15) is 0 Å². The van der Waals surface area contributed by atoms with Gasteiger partial charge in [-0.25, -0.2) is 13.8 Å². The minimum atomic E-state index is -2.60. The third kappa shape index (κ3) is 2.97. The van der Waals surface area contributed by atoms with Crippen molar-refractivity contribution in [1.82, 2.24) is 4.98 Å². The van der Waals surface area contributed by atoms with Gasteiger partial charge in [0.1, 0.15) is 0 Å². The molecule has 0 bridgehead atoms. The zero-order valence-electron chi connectivity index (χ0n) is 12.6. The highest BCUT2D eigenvalue weighted by Crippen LogP contribution is 2.37. The molecule has 0 N–H and O–H groups in total. The van der Waals surface area contributed by atoms with Crippen LogP contribution in [0.5, 0.6) is 0 Å². The predicted molar refractivity (Wildman–Crippen MR) is 84.7 cm³/mol. The average molecular weight is 324 g/mol. The molecule has 118 valence electrons. The van der Waals surface area contributed by atoms with E-state index in [0.29, 0.717) is 0 Å². The third-order valence-electron chi connectivity index (χ3n) is 4.26. The number of fused-ring (bicyclic) bond motifs is 1. The average Bonchev–Trinajstić information content (AvgIpc) is 2.84. The second-order valence-corrected chi connectivity index (χ2v) is 7.15. The molecule has 1 aromatic carbocycles. The van der Waals surface area contributed by atoms with Gasteiger partial charge in [0, 0.05) is 31.5 Å². The van der Waals surface area contributed by atoms with Crippen molar-refractivity contribution >= 4 is 33.1 Å². The number of anilines is 1. The van der Waals surface area contributed by atoms with E-state index in [-0.39, 0.29) is 37.5 Å². The number of aryl methyl sites for hydroxylation is 1. The van der Waals surface area contributed by atoms with Crippen molar-refractivity contribution in [2.75, 3.05) is 11.9 Å². The van der Waals surface area contributed by atoms with Gasteiger partial charge in [0.05, 0.1) is 15.2 Å². The largest absolute Gasteiger partial charge is 0.315 e. The molecular formula is C16H18F2N2OS. The van der Waals surface area contributed by atoms with Crippen molar-refractivity contribution in [2.24, 2.45) is 5.92 Å². The minimum absolute atomic E-state index is 0.0731. The van der Waals surface area contributed by atoms with Crippen LogP contribution >= 0.6 is 11.3 Å². The molecule has 0 spiro atoms. The first-order chi connectivity index (χ1) is 10.4. The van der Waals surface area contributed by atoms with Gasteiger partial charge in [0.15, 0.2) is 0 Å². The third-order valence-corrected chi connectivity index (χ3v) is 5.20. The number of nitrogens with zero attached hydrogens (tertiary/aromatic N) is 2. The highest BCUT2D eigenvalue weighted by atomic mass is 32.1. The van der Waals surface area contributed by atoms with Crippen molar-refractivity contribution in [3.63, 3.8) is 0 Å². The summed E-state index contributed by atoms with van der Waals surface area (Å²) in [5.41, 5.74) is 1.71. The summed E-state index contributed by atoms with van der Waals surface area (Å²) in [6.07, 6.45) is 0.144. The summed E-state index contributed by atoms with van der Waals surface area (Å²) in [5.74, 6) is -2.98. The molecule has 1 aliphatic carbocycles. The number of thiazole rings is 1. The van der Waals surface area contributed by atoms with Crippen LogP contribution in [0.4, 0.5) is 14.5 Å². The predicted octanol–water partition coefficient (Wildman–Crippen LogP) is 4.39. The first-order valence-corrected chi connectivity index (χ1v) is 8.20. The van der Waals surface area contributed by atoms with E-state index in [2.05, 4.69) is 4.98 Å². The van der Waals surface area contributed by atoms with Gasteiger partial charge in [0.2, 0.25) is 11.8 Å². The molecular weight excluding hydrogens is 306 g/mol. The zero-order valence-corrected chi connectivity index (χ0v) is 13.4. The summed E-state index contributed by atoms with van der Waals surface area (Å²) in [7, 11) is 1.71. The number of benzene rings is 1. The Morgan fingerprint density at radius 1 is 1.36 bits per heavy atom. The number of carbonyl (C=O) groups excluding carboxylic acids is 1. The van der Waals surface area contributed by atoms with Crippen molar-refractivity contribution in [3.05, 3.63) is 23.2 Å². The molecule has 0 saturated heterocycles. The lowest BCUT2D eigenvalue weighted by atomic mass is 9.86. The van der Waals surface area contributed by atoms with Crippen LogP contribution in [0.15, 0.2) is 18.2 Å². The Hall–Kier alpha value is -1.56. The standard InChI is InChI=1S/C16H18F2N2OS/c1-10-19-13-4-3-12(9-14(13)22-10)20(2)15(21)11-5-7-16(17,18)8-6-11/h3-4,9,11H,5-8H2,1-2H3. The molecule has 22 heavy (non-hydrogen) atoms. The lowest BCUT2D eigenvalue weighted by Crippen LogP contribution is -2.37. The number of amides is 1. The van der Waals surface area contributed by atoms with E-state index in [4.69, 9.17) is 0 Å². The number of alkyl halides is 2. The molecule has 1 aliphatic rings. The Morgan fingerprint density at radius 2 is 2.05 bits per heavy atom. The highest BCUT2D eigenvalue weighted by molar-refractivity contribution is 7.18. The van der Waals surface area contributed by atoms with Crippen molar-refractivity contribution in [2.45, 2.75) is 38.5 Å². The van der Waals surface area contributed by atoms with Gasteiger partial charge in [-0.1, -0.05) is 0 Å². The molecule has 1 saturated carbocycles. The quantitative estimate of drug-likeness (QED) is 0.820. The Kier molecular flexibility index (Phi) is 3.89. The molecule has 0 radical (unpaired) electrons. The molecule has 1 fully saturated rings. The molecule has 1 aromatic heterocycles. The second kappa shape index (κ2) is 5.57. The summed E-state index contributed by atoms with van der Waals surface area (Å²) < 4.78 is 27.5. The smallest absolute Gasteiger partial charge is 0.248 e. The fourth-order valence-corrected chi connectivity index (χ4v) is 3.79. The molecule has 3 rings (SSSR count). The van der Waals surface area contributed by atoms with E-state index < -0.39 is 5.92 Å². The number of carbonyl (C=O) groups is 1. The first-order valence-electron chi connectivity index (χ1n) is 7.38. The molecule has 0 atom stereocenters.